The number of benzene rings is 1. The van der Waals surface area contributed by atoms with Crippen LogP contribution in [-0.2, 0) is 30.6 Å². The minimum atomic E-state index is -0.459. The van der Waals surface area contributed by atoms with Gasteiger partial charge in [0.15, 0.2) is 5.78 Å². The number of anilines is 1. The van der Waals surface area contributed by atoms with Crippen molar-refractivity contribution >= 4 is 17.4 Å². The summed E-state index contributed by atoms with van der Waals surface area (Å²) in [5.41, 5.74) is 2.42. The van der Waals surface area contributed by atoms with Crippen molar-refractivity contribution in [2.75, 3.05) is 5.23 Å². The van der Waals surface area contributed by atoms with E-state index in [1.807, 2.05) is 71.9 Å². The first kappa shape index (κ1) is 25.9. The van der Waals surface area contributed by atoms with Gasteiger partial charge >= 0.3 is 5.97 Å². The summed E-state index contributed by atoms with van der Waals surface area (Å²) < 4.78 is 5.42. The van der Waals surface area contributed by atoms with E-state index in [1.54, 1.807) is 6.08 Å². The lowest BCUT2D eigenvalue weighted by atomic mass is 9.68. The van der Waals surface area contributed by atoms with Gasteiger partial charge < -0.3 is 4.74 Å². The lowest BCUT2D eigenvalue weighted by Crippen LogP contribution is -2.41. The van der Waals surface area contributed by atoms with Crippen LogP contribution in [0.15, 0.2) is 59.7 Å². The summed E-state index contributed by atoms with van der Waals surface area (Å²) in [5, 5.41) is 1.44. The first-order chi connectivity index (χ1) is 15.7. The second-order valence-electron chi connectivity index (χ2n) is 11.0. The van der Waals surface area contributed by atoms with Gasteiger partial charge in [0.2, 0.25) is 0 Å². The van der Waals surface area contributed by atoms with Gasteiger partial charge in [-0.25, -0.2) is 14.5 Å². The van der Waals surface area contributed by atoms with E-state index in [0.717, 1.165) is 22.4 Å². The van der Waals surface area contributed by atoms with Gasteiger partial charge in [0.1, 0.15) is 17.8 Å². The molecule has 0 saturated carbocycles. The third-order valence-electron chi connectivity index (χ3n) is 6.85. The lowest BCUT2D eigenvalue weighted by Gasteiger charge is -2.35. The quantitative estimate of drug-likeness (QED) is 0.289. The Morgan fingerprint density at radius 2 is 1.68 bits per heavy atom. The monoisotopic (exact) mass is 467 g/mol. The predicted molar refractivity (Wildman–Crippen MR) is 133 cm³/mol. The maximum atomic E-state index is 12.3. The summed E-state index contributed by atoms with van der Waals surface area (Å²) in [5.74, 6) is -0.0710. The molecule has 34 heavy (non-hydrogen) atoms. The standard InChI is InChI=1S/C28H37NO5/c1-19(9-14-24-20(2)16-23(30)17-26(24,3)4)15-25(31)32-18-21-10-12-22(13-11-21)29-33-27(5,6)28(7,8)34-29/h9-16,24H,17-18H2,1-8H3/b14-9+,19-15-. The largest absolute Gasteiger partial charge is 0.458 e. The zero-order valence-corrected chi connectivity index (χ0v) is 21.6. The van der Waals surface area contributed by atoms with E-state index in [2.05, 4.69) is 19.9 Å². The molecule has 0 aromatic heterocycles. The molecule has 1 aliphatic heterocycles. The molecule has 1 fully saturated rings. The number of carbonyl (C=O) groups is 2. The van der Waals surface area contributed by atoms with Crippen molar-refractivity contribution in [1.82, 2.24) is 0 Å². The molecule has 1 unspecified atom stereocenters. The molecule has 1 heterocycles. The highest BCUT2D eigenvalue weighted by molar-refractivity contribution is 5.92. The molecule has 1 aromatic rings. The number of carbonyl (C=O) groups excluding carboxylic acids is 2. The zero-order chi connectivity index (χ0) is 25.3. The molecule has 184 valence electrons. The normalized spacial score (nSPS) is 23.8. The Morgan fingerprint density at radius 1 is 1.09 bits per heavy atom. The fourth-order valence-electron chi connectivity index (χ4n) is 4.13. The van der Waals surface area contributed by atoms with Crippen molar-refractivity contribution in [2.45, 2.75) is 79.6 Å². The van der Waals surface area contributed by atoms with Crippen molar-refractivity contribution in [3.05, 3.63) is 65.3 Å². The van der Waals surface area contributed by atoms with E-state index in [4.69, 9.17) is 14.4 Å². The molecular formula is C28H37NO5. The summed E-state index contributed by atoms with van der Waals surface area (Å²) in [7, 11) is 0. The van der Waals surface area contributed by atoms with Crippen LogP contribution in [0, 0.1) is 11.3 Å². The third kappa shape index (κ3) is 5.86. The second-order valence-corrected chi connectivity index (χ2v) is 11.0. The molecule has 1 atom stereocenters. The first-order valence-corrected chi connectivity index (χ1v) is 11.7. The summed E-state index contributed by atoms with van der Waals surface area (Å²) in [6.45, 7) is 16.2. The Kier molecular flexibility index (Phi) is 7.25. The molecule has 0 radical (unpaired) electrons. The first-order valence-electron chi connectivity index (χ1n) is 11.7. The van der Waals surface area contributed by atoms with Gasteiger partial charge in [-0.3, -0.25) is 4.79 Å². The minimum absolute atomic E-state index is 0.143. The number of allylic oxidation sites excluding steroid dienone is 5. The topological polar surface area (TPSA) is 65.1 Å². The number of hydrogen-bond donors (Lipinski definition) is 0. The van der Waals surface area contributed by atoms with Crippen molar-refractivity contribution in [2.24, 2.45) is 11.3 Å². The summed E-state index contributed by atoms with van der Waals surface area (Å²) in [6, 6.07) is 7.51. The molecule has 0 amide bonds. The van der Waals surface area contributed by atoms with Crippen LogP contribution in [0.5, 0.6) is 0 Å². The SMILES string of the molecule is CC1=CC(=O)CC(C)(C)C1/C=C/C(C)=C\C(=O)OCc1ccc(N2OC(C)(C)C(C)(C)O2)cc1. The highest BCUT2D eigenvalue weighted by Crippen LogP contribution is 2.41. The van der Waals surface area contributed by atoms with E-state index in [1.165, 1.54) is 11.3 Å². The number of ether oxygens (including phenoxy) is 1. The molecule has 6 nitrogen and oxygen atoms in total. The Hall–Kier alpha value is -2.70. The molecule has 2 aliphatic rings. The van der Waals surface area contributed by atoms with Crippen LogP contribution in [0.4, 0.5) is 5.69 Å². The average molecular weight is 468 g/mol. The summed E-state index contributed by atoms with van der Waals surface area (Å²) in [4.78, 5) is 36.0. The van der Waals surface area contributed by atoms with Gasteiger partial charge in [0, 0.05) is 18.4 Å². The number of ketones is 1. The Labute approximate surface area is 203 Å². The smallest absolute Gasteiger partial charge is 0.331 e. The van der Waals surface area contributed by atoms with E-state index in [0.29, 0.717) is 6.42 Å². The Morgan fingerprint density at radius 3 is 2.24 bits per heavy atom. The molecule has 0 N–H and O–H groups in total. The molecule has 6 heteroatoms. The lowest BCUT2D eigenvalue weighted by molar-refractivity contribution is -0.139. The fraction of sp³-hybridized carbons (Fsp3) is 0.500. The number of nitrogens with zero attached hydrogens (tertiary/aromatic N) is 1. The van der Waals surface area contributed by atoms with Gasteiger partial charge in [-0.2, -0.15) is 0 Å². The predicted octanol–water partition coefficient (Wildman–Crippen LogP) is 6.03. The van der Waals surface area contributed by atoms with Crippen LogP contribution in [0.1, 0.15) is 67.4 Å². The van der Waals surface area contributed by atoms with Gasteiger partial charge in [-0.15, -0.1) is 5.23 Å². The number of hydrogen-bond acceptors (Lipinski definition) is 6. The Balaban J connectivity index is 1.55. The molecule has 0 bridgehead atoms. The average Bonchev–Trinajstić information content (AvgIpc) is 2.92. The molecule has 3 rings (SSSR count). The van der Waals surface area contributed by atoms with Crippen LogP contribution >= 0.6 is 0 Å². The highest BCUT2D eigenvalue weighted by atomic mass is 17.0. The van der Waals surface area contributed by atoms with Crippen molar-refractivity contribution < 1.29 is 24.0 Å². The van der Waals surface area contributed by atoms with Crippen molar-refractivity contribution in [3.8, 4) is 0 Å². The van der Waals surface area contributed by atoms with Crippen molar-refractivity contribution in [1.29, 1.82) is 0 Å². The van der Waals surface area contributed by atoms with Crippen molar-refractivity contribution in [3.63, 3.8) is 0 Å². The van der Waals surface area contributed by atoms with Crippen LogP contribution in [0.3, 0.4) is 0 Å². The van der Waals surface area contributed by atoms with Gasteiger partial charge in [0.05, 0.1) is 5.69 Å². The third-order valence-corrected chi connectivity index (χ3v) is 6.85. The molecule has 1 aliphatic carbocycles. The molecule has 1 saturated heterocycles. The van der Waals surface area contributed by atoms with E-state index in [-0.39, 0.29) is 23.7 Å². The Bertz CT molecular complexity index is 1010. The van der Waals surface area contributed by atoms with Gasteiger partial charge in [0.25, 0.3) is 0 Å². The zero-order valence-electron chi connectivity index (χ0n) is 21.6. The van der Waals surface area contributed by atoms with Gasteiger partial charge in [-0.05, 0) is 76.3 Å². The fourth-order valence-corrected chi connectivity index (χ4v) is 4.13. The van der Waals surface area contributed by atoms with E-state index < -0.39 is 17.2 Å². The molecule has 1 aromatic carbocycles. The maximum Gasteiger partial charge on any atom is 0.331 e. The van der Waals surface area contributed by atoms with Crippen LogP contribution in [-0.4, -0.2) is 23.0 Å². The highest BCUT2D eigenvalue weighted by Gasteiger charge is 2.50. The second kappa shape index (κ2) is 9.51. The molecular weight excluding hydrogens is 430 g/mol. The number of esters is 1. The number of rotatable bonds is 6. The van der Waals surface area contributed by atoms with Gasteiger partial charge in [-0.1, -0.05) is 43.7 Å². The van der Waals surface area contributed by atoms with Crippen LogP contribution in [0.2, 0.25) is 0 Å². The summed E-state index contributed by atoms with van der Waals surface area (Å²) >= 11 is 0. The van der Waals surface area contributed by atoms with Crippen LogP contribution < -0.4 is 5.23 Å². The maximum absolute atomic E-state index is 12.3. The molecule has 0 spiro atoms. The summed E-state index contributed by atoms with van der Waals surface area (Å²) in [6.07, 6.45) is 7.73. The minimum Gasteiger partial charge on any atom is -0.458 e. The van der Waals surface area contributed by atoms with E-state index in [9.17, 15) is 9.59 Å². The van der Waals surface area contributed by atoms with E-state index >= 15 is 0 Å². The van der Waals surface area contributed by atoms with Crippen LogP contribution in [0.25, 0.3) is 0 Å².